The first-order valence-electron chi connectivity index (χ1n) is 16.9. The molecule has 0 unspecified atom stereocenters. The number of hydrogen-bond acceptors (Lipinski definition) is 6. The van der Waals surface area contributed by atoms with Gasteiger partial charge in [0.2, 0.25) is 5.91 Å². The predicted octanol–water partition coefficient (Wildman–Crippen LogP) is 7.31. The lowest BCUT2D eigenvalue weighted by atomic mass is 9.89. The smallest absolute Gasteiger partial charge is 0.392 e. The summed E-state index contributed by atoms with van der Waals surface area (Å²) in [6.45, 7) is 4.71. The average Bonchev–Trinajstić information content (AvgIpc) is 3.62. The summed E-state index contributed by atoms with van der Waals surface area (Å²) in [5.74, 6) is -2.70. The number of amides is 2. The molecular formula is C39H42F3N3O5. The number of aliphatic hydroxyl groups excluding tert-OH is 1. The molecule has 0 bridgehead atoms. The number of likely N-dealkylation sites (tertiary alicyclic amines) is 1. The highest BCUT2D eigenvalue weighted by molar-refractivity contribution is 5.98. The number of halogens is 3. The molecule has 2 aliphatic rings. The van der Waals surface area contributed by atoms with E-state index in [4.69, 9.17) is 9.47 Å². The van der Waals surface area contributed by atoms with Gasteiger partial charge in [-0.05, 0) is 72.5 Å². The van der Waals surface area contributed by atoms with E-state index < -0.39 is 30.3 Å². The highest BCUT2D eigenvalue weighted by atomic mass is 19.4. The van der Waals surface area contributed by atoms with E-state index in [-0.39, 0.29) is 43.7 Å². The number of anilines is 1. The van der Waals surface area contributed by atoms with Crippen molar-refractivity contribution in [3.63, 3.8) is 0 Å². The number of carbonyl (C=O) groups excluding carboxylic acids is 2. The first-order chi connectivity index (χ1) is 23.9. The van der Waals surface area contributed by atoms with Gasteiger partial charge in [-0.15, -0.1) is 0 Å². The third-order valence-electron chi connectivity index (χ3n) is 10.0. The van der Waals surface area contributed by atoms with Gasteiger partial charge in [0.25, 0.3) is 0 Å². The maximum absolute atomic E-state index is 13.1. The van der Waals surface area contributed by atoms with Crippen molar-refractivity contribution in [1.82, 2.24) is 9.80 Å². The van der Waals surface area contributed by atoms with Crippen LogP contribution in [0.4, 0.5) is 18.9 Å². The van der Waals surface area contributed by atoms with Crippen molar-refractivity contribution in [3.05, 3.63) is 113 Å². The molecule has 0 aromatic heterocycles. The van der Waals surface area contributed by atoms with Gasteiger partial charge < -0.3 is 24.8 Å². The summed E-state index contributed by atoms with van der Waals surface area (Å²) in [6, 6.07) is 28.2. The Balaban J connectivity index is 1.19. The van der Waals surface area contributed by atoms with Gasteiger partial charge in [0.05, 0.1) is 18.8 Å². The molecule has 2 heterocycles. The van der Waals surface area contributed by atoms with Gasteiger partial charge in [-0.1, -0.05) is 79.7 Å². The van der Waals surface area contributed by atoms with Crippen molar-refractivity contribution in [2.45, 2.75) is 70.1 Å². The molecule has 2 fully saturated rings. The number of nitrogens with one attached hydrogen (secondary N) is 1. The van der Waals surface area contributed by atoms with Crippen LogP contribution in [0.1, 0.15) is 67.4 Å². The molecule has 8 nitrogen and oxygen atoms in total. The van der Waals surface area contributed by atoms with Crippen LogP contribution in [0.25, 0.3) is 10.8 Å². The van der Waals surface area contributed by atoms with Crippen LogP contribution in [0.2, 0.25) is 0 Å². The molecule has 264 valence electrons. The van der Waals surface area contributed by atoms with Crippen molar-refractivity contribution in [2.75, 3.05) is 25.5 Å². The number of aliphatic hydroxyl groups is 1. The van der Waals surface area contributed by atoms with E-state index in [0.717, 1.165) is 11.1 Å². The Labute approximate surface area is 289 Å². The average molecular weight is 690 g/mol. The van der Waals surface area contributed by atoms with E-state index in [9.17, 15) is 27.9 Å². The fraction of sp³-hybridized carbons (Fsp3) is 0.385. The van der Waals surface area contributed by atoms with Crippen LogP contribution < -0.4 is 5.32 Å². The Bertz CT molecular complexity index is 1800. The Hall–Kier alpha value is -4.29. The lowest BCUT2D eigenvalue weighted by Crippen LogP contribution is -2.48. The molecule has 0 spiro atoms. The van der Waals surface area contributed by atoms with E-state index in [2.05, 4.69) is 61.4 Å². The van der Waals surface area contributed by atoms with Crippen LogP contribution in [-0.2, 0) is 25.7 Å². The van der Waals surface area contributed by atoms with Crippen LogP contribution in [0.15, 0.2) is 91.0 Å². The number of likely N-dealkylation sites (N-methyl/N-ethyl adjacent to an activating group) is 1. The molecule has 2 aliphatic heterocycles. The molecule has 4 aromatic rings. The first kappa shape index (κ1) is 35.5. The second kappa shape index (κ2) is 14.9. The molecule has 0 saturated carbocycles. The van der Waals surface area contributed by atoms with Crippen LogP contribution in [-0.4, -0.2) is 65.2 Å². The maximum atomic E-state index is 13.1. The summed E-state index contributed by atoms with van der Waals surface area (Å²) in [4.78, 5) is 27.7. The lowest BCUT2D eigenvalue weighted by Gasteiger charge is -2.43. The normalized spacial score (nSPS) is 23.3. The molecule has 2 N–H and O–H groups in total. The quantitative estimate of drug-likeness (QED) is 0.192. The van der Waals surface area contributed by atoms with Crippen LogP contribution >= 0.6 is 0 Å². The minimum absolute atomic E-state index is 0.0372. The summed E-state index contributed by atoms with van der Waals surface area (Å²) in [5.41, 5.74) is 4.03. The Morgan fingerprint density at radius 3 is 2.32 bits per heavy atom. The number of benzene rings is 4. The number of rotatable bonds is 9. The van der Waals surface area contributed by atoms with Crippen LogP contribution in [0, 0.1) is 5.92 Å². The Kier molecular flexibility index (Phi) is 10.6. The van der Waals surface area contributed by atoms with Crippen LogP contribution in [0.5, 0.6) is 0 Å². The van der Waals surface area contributed by atoms with E-state index in [1.807, 2.05) is 36.4 Å². The molecule has 2 saturated heterocycles. The van der Waals surface area contributed by atoms with Crippen molar-refractivity contribution >= 4 is 28.3 Å². The highest BCUT2D eigenvalue weighted by Crippen LogP contribution is 2.42. The number of alkyl halides is 3. The second-order valence-electron chi connectivity index (χ2n) is 13.3. The lowest BCUT2D eigenvalue weighted by molar-refractivity contribution is -0.276. The SMILES string of the molecule is C[C@H]1[C@@H](CN(C)[C@H](C)c2ccc3ccccc3c2)O[C@@H](c2ccc(NC(=O)[C@@H]3CCCN3C(=O)C(F)(F)F)cc2)O[C@H]1c1ccc(CO)cc1. The van der Waals surface area contributed by atoms with Gasteiger partial charge in [0.1, 0.15) is 6.04 Å². The summed E-state index contributed by atoms with van der Waals surface area (Å²) in [5, 5.41) is 14.6. The highest BCUT2D eigenvalue weighted by Gasteiger charge is 2.47. The fourth-order valence-electron chi connectivity index (χ4n) is 6.89. The van der Waals surface area contributed by atoms with Gasteiger partial charge in [-0.25, -0.2) is 0 Å². The summed E-state index contributed by atoms with van der Waals surface area (Å²) < 4.78 is 52.5. The summed E-state index contributed by atoms with van der Waals surface area (Å²) in [7, 11) is 2.08. The monoisotopic (exact) mass is 689 g/mol. The Morgan fingerprint density at radius 1 is 0.960 bits per heavy atom. The zero-order valence-electron chi connectivity index (χ0n) is 28.3. The van der Waals surface area contributed by atoms with E-state index in [1.54, 1.807) is 24.3 Å². The summed E-state index contributed by atoms with van der Waals surface area (Å²) in [6.07, 6.45) is -5.87. The number of hydrogen-bond donors (Lipinski definition) is 2. The van der Waals surface area contributed by atoms with Crippen molar-refractivity contribution in [3.8, 4) is 0 Å². The van der Waals surface area contributed by atoms with Gasteiger partial charge in [-0.2, -0.15) is 13.2 Å². The molecule has 2 amide bonds. The zero-order chi connectivity index (χ0) is 35.6. The maximum Gasteiger partial charge on any atom is 0.471 e. The molecule has 50 heavy (non-hydrogen) atoms. The van der Waals surface area contributed by atoms with Crippen molar-refractivity contribution in [1.29, 1.82) is 0 Å². The third kappa shape index (κ3) is 7.71. The third-order valence-corrected chi connectivity index (χ3v) is 10.0. The molecular weight excluding hydrogens is 647 g/mol. The summed E-state index contributed by atoms with van der Waals surface area (Å²) >= 11 is 0. The number of fused-ring (bicyclic) bond motifs is 1. The number of nitrogens with zero attached hydrogens (tertiary/aromatic N) is 2. The van der Waals surface area contributed by atoms with Gasteiger partial charge >= 0.3 is 12.1 Å². The van der Waals surface area contributed by atoms with Gasteiger partial charge in [0.15, 0.2) is 6.29 Å². The standard InChI is InChI=1S/C39H42F3N3O5/c1-24-34(22-44(3)25(2)30-15-14-27-7-4-5-8-31(27)21-30)49-37(50-35(24)28-12-10-26(23-46)11-13-28)29-16-18-32(19-17-29)43-36(47)33-9-6-20-45(33)38(48)39(40,41)42/h4-5,7-8,10-19,21,24-25,33-35,37,46H,6,9,20,22-23H2,1-3H3,(H,43,47)/t24-,25+,33-,34+,35+,37+/m0/s1. The molecule has 0 radical (unpaired) electrons. The molecule has 4 aromatic carbocycles. The van der Waals surface area contributed by atoms with Crippen LogP contribution in [0.3, 0.4) is 0 Å². The predicted molar refractivity (Wildman–Crippen MR) is 184 cm³/mol. The minimum Gasteiger partial charge on any atom is -0.392 e. The molecule has 6 atom stereocenters. The first-order valence-corrected chi connectivity index (χ1v) is 16.9. The van der Waals surface area contributed by atoms with Gasteiger partial charge in [-0.3, -0.25) is 14.5 Å². The zero-order valence-corrected chi connectivity index (χ0v) is 28.3. The van der Waals surface area contributed by atoms with E-state index in [1.165, 1.54) is 16.3 Å². The molecule has 11 heteroatoms. The second-order valence-corrected chi connectivity index (χ2v) is 13.3. The van der Waals surface area contributed by atoms with E-state index in [0.29, 0.717) is 29.1 Å². The van der Waals surface area contributed by atoms with Crippen molar-refractivity contribution in [2.24, 2.45) is 5.92 Å². The molecule has 6 rings (SSSR count). The van der Waals surface area contributed by atoms with Crippen molar-refractivity contribution < 1.29 is 37.3 Å². The topological polar surface area (TPSA) is 91.3 Å². The molecule has 0 aliphatic carbocycles. The number of ether oxygens (including phenoxy) is 2. The van der Waals surface area contributed by atoms with Gasteiger partial charge in [0, 0.05) is 36.3 Å². The minimum atomic E-state index is -5.04. The fourth-order valence-corrected chi connectivity index (χ4v) is 6.89. The largest absolute Gasteiger partial charge is 0.471 e. The Morgan fingerprint density at radius 2 is 1.64 bits per heavy atom. The number of carbonyl (C=O) groups is 2. The van der Waals surface area contributed by atoms with E-state index >= 15 is 0 Å².